The lowest BCUT2D eigenvalue weighted by molar-refractivity contribution is -0.149. The van der Waals surface area contributed by atoms with Crippen LogP contribution in [-0.4, -0.2) is 38.7 Å². The first-order valence-electron chi connectivity index (χ1n) is 11.2. The largest absolute Gasteiger partial charge is 0.481 e. The van der Waals surface area contributed by atoms with Crippen LogP contribution >= 0.6 is 0 Å². The topological polar surface area (TPSA) is 107 Å². The van der Waals surface area contributed by atoms with Crippen molar-refractivity contribution in [2.24, 2.45) is 11.1 Å². The Bertz CT molecular complexity index is 1240. The van der Waals surface area contributed by atoms with Gasteiger partial charge in [-0.1, -0.05) is 41.1 Å². The average molecular weight is 444 g/mol. The summed E-state index contributed by atoms with van der Waals surface area (Å²) < 4.78 is 0. The maximum Gasteiger partial charge on any atom is 0.316 e. The smallest absolute Gasteiger partial charge is 0.316 e. The summed E-state index contributed by atoms with van der Waals surface area (Å²) in [5.41, 5.74) is 7.03. The zero-order valence-electron chi connectivity index (χ0n) is 18.1. The Morgan fingerprint density at radius 3 is 2.58 bits per heavy atom. The van der Waals surface area contributed by atoms with Crippen molar-refractivity contribution in [1.82, 2.24) is 4.90 Å². The fraction of sp³-hybridized carbons (Fsp3) is 0.308. The minimum atomic E-state index is -1.53. The molecule has 1 atom stereocenters. The van der Waals surface area contributed by atoms with E-state index >= 15 is 0 Å². The number of amides is 2. The molecule has 0 radical (unpaired) electrons. The van der Waals surface area contributed by atoms with Gasteiger partial charge < -0.3 is 10.3 Å². The van der Waals surface area contributed by atoms with Crippen molar-refractivity contribution in [3.05, 3.63) is 75.9 Å². The molecule has 2 aliphatic carbocycles. The minimum absolute atomic E-state index is 0.0410. The monoisotopic (exact) mass is 444 g/mol. The van der Waals surface area contributed by atoms with Crippen LogP contribution in [0.5, 0.6) is 0 Å². The second-order valence-electron chi connectivity index (χ2n) is 8.87. The molecule has 2 aromatic rings. The molecule has 1 aliphatic heterocycles. The van der Waals surface area contributed by atoms with Crippen LogP contribution < -0.4 is 0 Å². The van der Waals surface area contributed by atoms with Gasteiger partial charge in [0, 0.05) is 12.0 Å². The first-order chi connectivity index (χ1) is 16.0. The number of carbonyl (C=O) groups excluding carboxylic acids is 2. The Balaban J connectivity index is 1.37. The number of allylic oxidation sites excluding steroid dienone is 2. The second-order valence-corrected chi connectivity index (χ2v) is 8.87. The van der Waals surface area contributed by atoms with Crippen LogP contribution in [0.25, 0.3) is 5.57 Å². The third-order valence-corrected chi connectivity index (χ3v) is 6.95. The van der Waals surface area contributed by atoms with E-state index in [0.29, 0.717) is 16.7 Å². The summed E-state index contributed by atoms with van der Waals surface area (Å²) in [4.78, 5) is 38.7. The number of hydrogen-bond acceptors (Lipinski definition) is 5. The first kappa shape index (κ1) is 21.1. The normalized spacial score (nSPS) is 18.1. The highest BCUT2D eigenvalue weighted by molar-refractivity contribution is 6.14. The van der Waals surface area contributed by atoms with E-state index in [2.05, 4.69) is 5.16 Å². The van der Waals surface area contributed by atoms with Crippen LogP contribution in [0.1, 0.15) is 64.7 Å². The lowest BCUT2D eigenvalue weighted by atomic mass is 9.91. The third-order valence-electron chi connectivity index (χ3n) is 6.95. The second kappa shape index (κ2) is 8.31. The van der Waals surface area contributed by atoms with Crippen LogP contribution in [0.3, 0.4) is 0 Å². The van der Waals surface area contributed by atoms with Gasteiger partial charge >= 0.3 is 5.97 Å². The van der Waals surface area contributed by atoms with Crippen LogP contribution in [0.15, 0.2) is 53.2 Å². The molecule has 0 fully saturated rings. The number of nitrogens with zero attached hydrogens (tertiary/aromatic N) is 2. The number of benzene rings is 2. The van der Waals surface area contributed by atoms with Crippen LogP contribution in [-0.2, 0) is 22.6 Å². The van der Waals surface area contributed by atoms with E-state index in [0.717, 1.165) is 29.7 Å². The molecule has 5 rings (SSSR count). The fourth-order valence-electron chi connectivity index (χ4n) is 5.24. The van der Waals surface area contributed by atoms with Crippen molar-refractivity contribution >= 4 is 29.1 Å². The maximum absolute atomic E-state index is 13.1. The summed E-state index contributed by atoms with van der Waals surface area (Å²) in [5, 5.41) is 22.8. The summed E-state index contributed by atoms with van der Waals surface area (Å²) in [5.74, 6) is -4.20. The summed E-state index contributed by atoms with van der Waals surface area (Å²) in [6.45, 7) is 0.0410. The average Bonchev–Trinajstić information content (AvgIpc) is 3.36. The predicted octanol–water partition coefficient (Wildman–Crippen LogP) is 4.02. The molecule has 0 saturated carbocycles. The van der Waals surface area contributed by atoms with Gasteiger partial charge in [-0.2, -0.15) is 0 Å². The van der Waals surface area contributed by atoms with Crippen LogP contribution in [0.4, 0.5) is 0 Å². The van der Waals surface area contributed by atoms with E-state index in [1.165, 1.54) is 29.6 Å². The maximum atomic E-state index is 13.1. The molecule has 3 aliphatic rings. The summed E-state index contributed by atoms with van der Waals surface area (Å²) in [6.07, 6.45) is 5.11. The van der Waals surface area contributed by atoms with E-state index in [-0.39, 0.29) is 18.7 Å². The zero-order chi connectivity index (χ0) is 23.1. The Hall–Kier alpha value is -3.74. The molecule has 1 unspecified atom stereocenters. The van der Waals surface area contributed by atoms with Gasteiger partial charge in [-0.25, -0.2) is 0 Å². The molecule has 0 bridgehead atoms. The lowest BCUT2D eigenvalue weighted by Crippen LogP contribution is -2.40. The number of imide groups is 1. The first-order valence-corrected chi connectivity index (χ1v) is 11.2. The minimum Gasteiger partial charge on any atom is -0.481 e. The Morgan fingerprint density at radius 2 is 1.82 bits per heavy atom. The van der Waals surface area contributed by atoms with Crippen molar-refractivity contribution < 1.29 is 24.7 Å². The molecular weight excluding hydrogens is 420 g/mol. The standard InChI is InChI=1S/C26H24N2O5/c29-24-21-8-4-2-6-17(21)14-28(24)25(30)22(26(31)32)13-23(27-33)16-9-10-20-18(12-16)11-15-5-1-3-7-19(15)20/h2,4,6,8-10,12,22,33H,1,3,5,7,11,13-14H2,(H,31,32). The summed E-state index contributed by atoms with van der Waals surface area (Å²) in [7, 11) is 0. The SMILES string of the molecule is O=C(O)C(CC(=NO)c1ccc2c(c1)CC1=C2CCCC1)C(=O)N1Cc2ccccc2C1=O. The van der Waals surface area contributed by atoms with Gasteiger partial charge in [-0.05, 0) is 72.1 Å². The van der Waals surface area contributed by atoms with Gasteiger partial charge in [0.25, 0.3) is 5.91 Å². The number of oxime groups is 1. The number of rotatable bonds is 5. The molecule has 7 nitrogen and oxygen atoms in total. The molecule has 0 aromatic heterocycles. The highest BCUT2D eigenvalue weighted by Gasteiger charge is 2.39. The van der Waals surface area contributed by atoms with E-state index in [4.69, 9.17) is 0 Å². The van der Waals surface area contributed by atoms with Crippen molar-refractivity contribution in [2.45, 2.75) is 45.1 Å². The molecular formula is C26H24N2O5. The molecule has 2 amide bonds. The van der Waals surface area contributed by atoms with Crippen molar-refractivity contribution in [2.75, 3.05) is 0 Å². The molecule has 0 spiro atoms. The number of carboxylic acid groups (broad SMARTS) is 1. The highest BCUT2D eigenvalue weighted by Crippen LogP contribution is 2.41. The number of carboxylic acids is 1. The van der Waals surface area contributed by atoms with Crippen LogP contribution in [0.2, 0.25) is 0 Å². The molecule has 1 heterocycles. The van der Waals surface area contributed by atoms with E-state index < -0.39 is 23.7 Å². The van der Waals surface area contributed by atoms with Crippen molar-refractivity contribution in [3.63, 3.8) is 0 Å². The number of carbonyl (C=O) groups is 3. The zero-order valence-corrected chi connectivity index (χ0v) is 18.1. The fourth-order valence-corrected chi connectivity index (χ4v) is 5.24. The Kier molecular flexibility index (Phi) is 5.32. The summed E-state index contributed by atoms with van der Waals surface area (Å²) in [6, 6.07) is 12.6. The highest BCUT2D eigenvalue weighted by atomic mass is 16.4. The Morgan fingerprint density at radius 1 is 1.03 bits per heavy atom. The van der Waals surface area contributed by atoms with Gasteiger partial charge in [0.05, 0.1) is 12.3 Å². The van der Waals surface area contributed by atoms with Gasteiger partial charge in [0.15, 0.2) is 0 Å². The molecule has 7 heteroatoms. The lowest BCUT2D eigenvalue weighted by Gasteiger charge is -2.19. The number of fused-ring (bicyclic) bond motifs is 3. The number of aliphatic carboxylic acids is 1. The van der Waals surface area contributed by atoms with Gasteiger partial charge in [0.2, 0.25) is 5.91 Å². The molecule has 168 valence electrons. The molecule has 2 N–H and O–H groups in total. The van der Waals surface area contributed by atoms with Crippen molar-refractivity contribution in [1.29, 1.82) is 0 Å². The van der Waals surface area contributed by atoms with E-state index in [1.54, 1.807) is 24.3 Å². The predicted molar refractivity (Wildman–Crippen MR) is 121 cm³/mol. The van der Waals surface area contributed by atoms with Gasteiger partial charge in [0.1, 0.15) is 5.92 Å². The quantitative estimate of drug-likeness (QED) is 0.313. The molecule has 2 aromatic carbocycles. The Labute approximate surface area is 191 Å². The van der Waals surface area contributed by atoms with E-state index in [1.807, 2.05) is 18.2 Å². The summed E-state index contributed by atoms with van der Waals surface area (Å²) >= 11 is 0. The molecule has 33 heavy (non-hydrogen) atoms. The molecule has 0 saturated heterocycles. The van der Waals surface area contributed by atoms with Crippen molar-refractivity contribution in [3.8, 4) is 0 Å². The van der Waals surface area contributed by atoms with Gasteiger partial charge in [-0.15, -0.1) is 0 Å². The van der Waals surface area contributed by atoms with E-state index in [9.17, 15) is 24.7 Å². The third kappa shape index (κ3) is 3.63. The van der Waals surface area contributed by atoms with Gasteiger partial charge in [-0.3, -0.25) is 19.3 Å². The van der Waals surface area contributed by atoms with Crippen LogP contribution in [0, 0.1) is 5.92 Å². The number of hydrogen-bond donors (Lipinski definition) is 2.